The van der Waals surface area contributed by atoms with Gasteiger partial charge in [-0.2, -0.15) is 11.3 Å². The van der Waals surface area contributed by atoms with E-state index >= 15 is 0 Å². The summed E-state index contributed by atoms with van der Waals surface area (Å²) in [5.74, 6) is 0.612. The second-order valence-corrected chi connectivity index (χ2v) is 3.95. The summed E-state index contributed by atoms with van der Waals surface area (Å²) in [4.78, 5) is 0. The highest BCUT2D eigenvalue weighted by molar-refractivity contribution is 7.07. The number of hydrogen-bond acceptors (Lipinski definition) is 2. The summed E-state index contributed by atoms with van der Waals surface area (Å²) < 4.78 is 0. The van der Waals surface area contributed by atoms with Crippen LogP contribution < -0.4 is 5.73 Å². The Morgan fingerprint density at radius 2 is 2.27 bits per heavy atom. The van der Waals surface area contributed by atoms with Gasteiger partial charge in [-0.05, 0) is 41.7 Å². The molecule has 0 aliphatic heterocycles. The molecule has 1 aromatic heterocycles. The molecule has 2 N–H and O–H groups in total. The molecule has 0 bridgehead atoms. The maximum Gasteiger partial charge on any atom is 0.00162 e. The minimum Gasteiger partial charge on any atom is -0.328 e. The van der Waals surface area contributed by atoms with Crippen LogP contribution in [0.4, 0.5) is 0 Å². The van der Waals surface area contributed by atoms with E-state index < -0.39 is 0 Å². The number of nitrogens with two attached hydrogens (primary N) is 1. The molecule has 0 amide bonds. The Bertz CT molecular complexity index is 191. The first kappa shape index (κ1) is 8.75. The first-order chi connectivity index (χ1) is 5.20. The maximum absolute atomic E-state index is 5.70. The zero-order chi connectivity index (χ0) is 8.27. The first-order valence-corrected chi connectivity index (χ1v) is 4.92. The van der Waals surface area contributed by atoms with Crippen molar-refractivity contribution >= 4 is 11.3 Å². The first-order valence-electron chi connectivity index (χ1n) is 3.98. The molecule has 0 radical (unpaired) electrons. The van der Waals surface area contributed by atoms with E-state index in [1.54, 1.807) is 11.3 Å². The van der Waals surface area contributed by atoms with Gasteiger partial charge in [0.15, 0.2) is 0 Å². The van der Waals surface area contributed by atoms with Crippen molar-refractivity contribution in [3.05, 3.63) is 22.4 Å². The summed E-state index contributed by atoms with van der Waals surface area (Å²) in [7, 11) is 0. The van der Waals surface area contributed by atoms with Crippen molar-refractivity contribution in [1.29, 1.82) is 0 Å². The monoisotopic (exact) mass is 169 g/mol. The number of thiophene rings is 1. The molecule has 11 heavy (non-hydrogen) atoms. The summed E-state index contributed by atoms with van der Waals surface area (Å²) in [6, 6.07) is 2.49. The van der Waals surface area contributed by atoms with Crippen LogP contribution in [0.2, 0.25) is 0 Å². The van der Waals surface area contributed by atoms with Gasteiger partial charge in [0.2, 0.25) is 0 Å². The van der Waals surface area contributed by atoms with Crippen molar-refractivity contribution in [3.63, 3.8) is 0 Å². The molecule has 1 rings (SSSR count). The lowest BCUT2D eigenvalue weighted by molar-refractivity contribution is 0.587. The summed E-state index contributed by atoms with van der Waals surface area (Å²) in [5, 5.41) is 4.32. The predicted molar refractivity (Wildman–Crippen MR) is 51.0 cm³/mol. The van der Waals surface area contributed by atoms with Gasteiger partial charge in [-0.3, -0.25) is 0 Å². The zero-order valence-electron chi connectivity index (χ0n) is 7.08. The molecular formula is C9H15NS. The summed E-state index contributed by atoms with van der Waals surface area (Å²) >= 11 is 1.75. The number of rotatable bonds is 3. The lowest BCUT2D eigenvalue weighted by Crippen LogP contribution is -2.17. The molecule has 0 spiro atoms. The van der Waals surface area contributed by atoms with Gasteiger partial charge in [0.1, 0.15) is 0 Å². The fourth-order valence-electron chi connectivity index (χ4n) is 1.25. The Morgan fingerprint density at radius 3 is 2.73 bits per heavy atom. The fourth-order valence-corrected chi connectivity index (χ4v) is 2.03. The number of hydrogen-bond donors (Lipinski definition) is 1. The zero-order valence-corrected chi connectivity index (χ0v) is 7.90. The van der Waals surface area contributed by atoms with Gasteiger partial charge in [-0.25, -0.2) is 0 Å². The lowest BCUT2D eigenvalue weighted by atomic mass is 9.97. The summed E-state index contributed by atoms with van der Waals surface area (Å²) in [6.07, 6.45) is 1.08. The lowest BCUT2D eigenvalue weighted by Gasteiger charge is -2.11. The Hall–Kier alpha value is -0.340. The fraction of sp³-hybridized carbons (Fsp3) is 0.556. The van der Waals surface area contributed by atoms with Crippen molar-refractivity contribution < 1.29 is 0 Å². The largest absolute Gasteiger partial charge is 0.328 e. The van der Waals surface area contributed by atoms with Gasteiger partial charge in [0.05, 0.1) is 0 Å². The highest BCUT2D eigenvalue weighted by Gasteiger charge is 2.07. The minimum atomic E-state index is 0.310. The van der Waals surface area contributed by atoms with E-state index in [1.165, 1.54) is 5.56 Å². The van der Waals surface area contributed by atoms with Crippen molar-refractivity contribution in [1.82, 2.24) is 0 Å². The van der Waals surface area contributed by atoms with Crippen molar-refractivity contribution in [2.45, 2.75) is 32.2 Å². The predicted octanol–water partition coefficient (Wildman–Crippen LogP) is 2.59. The van der Waals surface area contributed by atoms with Crippen LogP contribution in [0.15, 0.2) is 16.8 Å². The van der Waals surface area contributed by atoms with Gasteiger partial charge in [-0.1, -0.05) is 6.92 Å². The Morgan fingerprint density at radius 1 is 1.55 bits per heavy atom. The molecule has 0 saturated heterocycles. The normalized spacial score (nSPS) is 16.3. The Kier molecular flexibility index (Phi) is 3.09. The molecule has 0 aliphatic carbocycles. The average Bonchev–Trinajstić information content (AvgIpc) is 2.35. The van der Waals surface area contributed by atoms with E-state index in [4.69, 9.17) is 5.73 Å². The Balaban J connectivity index is 2.49. The molecule has 1 aromatic rings. The van der Waals surface area contributed by atoms with Crippen LogP contribution in [0.5, 0.6) is 0 Å². The van der Waals surface area contributed by atoms with Crippen molar-refractivity contribution in [3.8, 4) is 0 Å². The van der Waals surface area contributed by atoms with E-state index in [-0.39, 0.29) is 0 Å². The van der Waals surface area contributed by atoms with Gasteiger partial charge < -0.3 is 5.73 Å². The smallest absolute Gasteiger partial charge is 0.00162 e. The van der Waals surface area contributed by atoms with E-state index in [9.17, 15) is 0 Å². The van der Waals surface area contributed by atoms with Crippen LogP contribution in [0.1, 0.15) is 31.7 Å². The molecule has 0 aliphatic rings. The molecule has 62 valence electrons. The van der Waals surface area contributed by atoms with Gasteiger partial charge in [0.25, 0.3) is 0 Å². The quantitative estimate of drug-likeness (QED) is 0.739. The standard InChI is InChI=1S/C9H15NS/c1-7(5-8(2)10)9-3-4-11-6-9/h3-4,6-8H,5,10H2,1-2H3. The van der Waals surface area contributed by atoms with Crippen LogP contribution >= 0.6 is 11.3 Å². The maximum atomic E-state index is 5.70. The van der Waals surface area contributed by atoms with Gasteiger partial charge in [0, 0.05) is 6.04 Å². The van der Waals surface area contributed by atoms with Crippen molar-refractivity contribution in [2.24, 2.45) is 5.73 Å². The topological polar surface area (TPSA) is 26.0 Å². The van der Waals surface area contributed by atoms with E-state index in [1.807, 2.05) is 0 Å². The van der Waals surface area contributed by atoms with Crippen molar-refractivity contribution in [2.75, 3.05) is 0 Å². The van der Waals surface area contributed by atoms with E-state index in [2.05, 4.69) is 30.7 Å². The molecule has 1 nitrogen and oxygen atoms in total. The second kappa shape index (κ2) is 3.88. The molecule has 2 atom stereocenters. The summed E-state index contributed by atoms with van der Waals surface area (Å²) in [5.41, 5.74) is 7.13. The van der Waals surface area contributed by atoms with E-state index in [0.717, 1.165) is 6.42 Å². The van der Waals surface area contributed by atoms with E-state index in [0.29, 0.717) is 12.0 Å². The SMILES string of the molecule is CC(N)CC(C)c1ccsc1. The van der Waals surface area contributed by atoms with Crippen LogP contribution in [-0.2, 0) is 0 Å². The van der Waals surface area contributed by atoms with Gasteiger partial charge in [-0.15, -0.1) is 0 Å². The second-order valence-electron chi connectivity index (χ2n) is 3.17. The van der Waals surface area contributed by atoms with Crippen LogP contribution in [0.3, 0.4) is 0 Å². The van der Waals surface area contributed by atoms with Crippen LogP contribution in [0, 0.1) is 0 Å². The average molecular weight is 169 g/mol. The highest BCUT2D eigenvalue weighted by Crippen LogP contribution is 2.21. The molecule has 1 heterocycles. The molecule has 0 aromatic carbocycles. The molecular weight excluding hydrogens is 154 g/mol. The Labute approximate surface area is 72.2 Å². The van der Waals surface area contributed by atoms with Crippen LogP contribution in [-0.4, -0.2) is 6.04 Å². The molecule has 0 fully saturated rings. The third-order valence-electron chi connectivity index (χ3n) is 1.84. The third kappa shape index (κ3) is 2.64. The molecule has 2 heteroatoms. The summed E-state index contributed by atoms with van der Waals surface area (Å²) in [6.45, 7) is 4.29. The van der Waals surface area contributed by atoms with Crippen LogP contribution in [0.25, 0.3) is 0 Å². The molecule has 0 saturated carbocycles. The third-order valence-corrected chi connectivity index (χ3v) is 2.54. The minimum absolute atomic E-state index is 0.310. The highest BCUT2D eigenvalue weighted by atomic mass is 32.1. The molecule has 2 unspecified atom stereocenters. The van der Waals surface area contributed by atoms with Gasteiger partial charge >= 0.3 is 0 Å².